The molecule has 3 heterocycles. The number of hydrogen-bond acceptors (Lipinski definition) is 5. The van der Waals surface area contributed by atoms with Crippen LogP contribution in [0.1, 0.15) is 18.5 Å². The number of carbonyl (C=O) groups is 1. The Balaban J connectivity index is 1.49. The summed E-state index contributed by atoms with van der Waals surface area (Å²) in [6, 6.07) is 1.80. The van der Waals surface area contributed by atoms with Crippen LogP contribution < -0.4 is 10.2 Å². The van der Waals surface area contributed by atoms with Gasteiger partial charge in [-0.2, -0.15) is 0 Å². The maximum absolute atomic E-state index is 12.3. The van der Waals surface area contributed by atoms with Crippen molar-refractivity contribution in [2.24, 2.45) is 5.92 Å². The van der Waals surface area contributed by atoms with Gasteiger partial charge in [-0.15, -0.1) is 0 Å². The molecule has 0 spiro atoms. The average molecular weight is 300 g/mol. The molecule has 0 saturated carbocycles. The molecule has 1 atom stereocenters. The van der Waals surface area contributed by atoms with E-state index in [9.17, 15) is 4.79 Å². The highest BCUT2D eigenvalue weighted by molar-refractivity contribution is 5.79. The third-order valence-electron chi connectivity index (χ3n) is 3.88. The molecule has 1 amide bonds. The van der Waals surface area contributed by atoms with Gasteiger partial charge in [0.15, 0.2) is 0 Å². The van der Waals surface area contributed by atoms with Crippen molar-refractivity contribution in [2.45, 2.75) is 19.3 Å². The van der Waals surface area contributed by atoms with Gasteiger partial charge in [0.2, 0.25) is 11.9 Å². The summed E-state index contributed by atoms with van der Waals surface area (Å²) in [6.07, 6.45) is 9.56. The van der Waals surface area contributed by atoms with Gasteiger partial charge in [0.25, 0.3) is 0 Å². The topological polar surface area (TPSA) is 86.8 Å². The normalized spacial score (nSPS) is 18.2. The van der Waals surface area contributed by atoms with E-state index >= 15 is 0 Å². The number of piperidine rings is 1. The van der Waals surface area contributed by atoms with Crippen LogP contribution in [-0.2, 0) is 11.2 Å². The molecule has 2 aromatic heterocycles. The largest absolute Gasteiger partial charge is 0.355 e. The number of carbonyl (C=O) groups excluding carboxylic acids is 1. The number of nitrogens with one attached hydrogen (secondary N) is 2. The summed E-state index contributed by atoms with van der Waals surface area (Å²) in [5, 5.41) is 3.01. The Bertz CT molecular complexity index is 585. The Hall–Kier alpha value is -2.44. The van der Waals surface area contributed by atoms with Gasteiger partial charge >= 0.3 is 0 Å². The summed E-state index contributed by atoms with van der Waals surface area (Å²) >= 11 is 0. The zero-order chi connectivity index (χ0) is 15.2. The molecule has 7 heteroatoms. The monoisotopic (exact) mass is 300 g/mol. The van der Waals surface area contributed by atoms with Crippen molar-refractivity contribution in [2.75, 3.05) is 24.5 Å². The second-order valence-corrected chi connectivity index (χ2v) is 5.45. The van der Waals surface area contributed by atoms with Crippen LogP contribution in [0.4, 0.5) is 5.95 Å². The average Bonchev–Trinajstić information content (AvgIpc) is 3.09. The predicted octanol–water partition coefficient (Wildman–Crippen LogP) is 0.775. The van der Waals surface area contributed by atoms with Crippen LogP contribution in [-0.4, -0.2) is 45.5 Å². The van der Waals surface area contributed by atoms with E-state index in [1.165, 1.54) is 0 Å². The predicted molar refractivity (Wildman–Crippen MR) is 82.3 cm³/mol. The van der Waals surface area contributed by atoms with Crippen LogP contribution in [0.3, 0.4) is 0 Å². The molecule has 0 aromatic carbocycles. The Morgan fingerprint density at radius 2 is 2.27 bits per heavy atom. The fourth-order valence-corrected chi connectivity index (χ4v) is 2.71. The Labute approximate surface area is 129 Å². The molecule has 1 aliphatic heterocycles. The van der Waals surface area contributed by atoms with E-state index in [1.54, 1.807) is 31.0 Å². The molecule has 7 nitrogen and oxygen atoms in total. The number of rotatable bonds is 5. The van der Waals surface area contributed by atoms with E-state index in [0.29, 0.717) is 19.0 Å². The molecule has 3 rings (SSSR count). The first-order valence-electron chi connectivity index (χ1n) is 7.60. The third kappa shape index (κ3) is 3.60. The van der Waals surface area contributed by atoms with Gasteiger partial charge in [0.1, 0.15) is 0 Å². The number of hydrogen-bond donors (Lipinski definition) is 2. The molecule has 2 aromatic rings. The van der Waals surface area contributed by atoms with E-state index in [1.807, 2.05) is 0 Å². The highest BCUT2D eigenvalue weighted by Crippen LogP contribution is 2.19. The third-order valence-corrected chi connectivity index (χ3v) is 3.88. The number of aromatic amines is 1. The van der Waals surface area contributed by atoms with Gasteiger partial charge in [-0.1, -0.05) is 0 Å². The van der Waals surface area contributed by atoms with E-state index in [0.717, 1.165) is 31.5 Å². The van der Waals surface area contributed by atoms with Crippen LogP contribution >= 0.6 is 0 Å². The van der Waals surface area contributed by atoms with Crippen LogP contribution in [0.15, 0.2) is 31.0 Å². The first kappa shape index (κ1) is 14.5. The molecule has 1 aliphatic rings. The van der Waals surface area contributed by atoms with Crippen LogP contribution in [0.2, 0.25) is 0 Å². The number of amides is 1. The minimum absolute atomic E-state index is 0.000627. The van der Waals surface area contributed by atoms with Crippen molar-refractivity contribution in [1.82, 2.24) is 25.3 Å². The van der Waals surface area contributed by atoms with E-state index in [-0.39, 0.29) is 11.8 Å². The molecule has 1 saturated heterocycles. The zero-order valence-electron chi connectivity index (χ0n) is 12.4. The first-order valence-corrected chi connectivity index (χ1v) is 7.60. The molecule has 116 valence electrons. The van der Waals surface area contributed by atoms with Gasteiger partial charge in [0.05, 0.1) is 12.2 Å². The van der Waals surface area contributed by atoms with E-state index in [4.69, 9.17) is 0 Å². The summed E-state index contributed by atoms with van der Waals surface area (Å²) in [4.78, 5) is 29.9. The van der Waals surface area contributed by atoms with Crippen molar-refractivity contribution >= 4 is 11.9 Å². The Morgan fingerprint density at radius 3 is 3.05 bits per heavy atom. The van der Waals surface area contributed by atoms with Crippen LogP contribution in [0, 0.1) is 5.92 Å². The number of imidazole rings is 1. The Kier molecular flexibility index (Phi) is 4.62. The molecule has 1 fully saturated rings. The minimum Gasteiger partial charge on any atom is -0.355 e. The molecule has 22 heavy (non-hydrogen) atoms. The van der Waals surface area contributed by atoms with E-state index < -0.39 is 0 Å². The van der Waals surface area contributed by atoms with Crippen LogP contribution in [0.5, 0.6) is 0 Å². The second kappa shape index (κ2) is 7.02. The van der Waals surface area contributed by atoms with Crippen LogP contribution in [0.25, 0.3) is 0 Å². The minimum atomic E-state index is -0.000627. The lowest BCUT2D eigenvalue weighted by atomic mass is 9.97. The first-order chi connectivity index (χ1) is 10.8. The van der Waals surface area contributed by atoms with E-state index in [2.05, 4.69) is 30.2 Å². The summed E-state index contributed by atoms with van der Waals surface area (Å²) in [7, 11) is 0. The molecular weight excluding hydrogens is 280 g/mol. The van der Waals surface area contributed by atoms with Gasteiger partial charge in [-0.05, 0) is 18.9 Å². The SMILES string of the molecule is O=C(NCCc1cnc[nH]1)[C@@H]1CCCN(c2ncccn2)C1. The molecule has 0 radical (unpaired) electrons. The lowest BCUT2D eigenvalue weighted by Crippen LogP contribution is -2.44. The number of H-pyrrole nitrogens is 1. The highest BCUT2D eigenvalue weighted by atomic mass is 16.1. The number of aromatic nitrogens is 4. The zero-order valence-corrected chi connectivity index (χ0v) is 12.4. The van der Waals surface area contributed by atoms with Crippen molar-refractivity contribution in [1.29, 1.82) is 0 Å². The van der Waals surface area contributed by atoms with Gasteiger partial charge in [-0.3, -0.25) is 4.79 Å². The molecule has 0 unspecified atom stereocenters. The second-order valence-electron chi connectivity index (χ2n) is 5.45. The lowest BCUT2D eigenvalue weighted by Gasteiger charge is -2.31. The van der Waals surface area contributed by atoms with Crippen molar-refractivity contribution in [3.63, 3.8) is 0 Å². The Morgan fingerprint density at radius 1 is 1.41 bits per heavy atom. The van der Waals surface area contributed by atoms with Crippen molar-refractivity contribution < 1.29 is 4.79 Å². The molecule has 0 bridgehead atoms. The molecule has 2 N–H and O–H groups in total. The summed E-state index contributed by atoms with van der Waals surface area (Å²) in [6.45, 7) is 2.21. The highest BCUT2D eigenvalue weighted by Gasteiger charge is 2.26. The standard InChI is InChI=1S/C15H20N6O/c22-14(17-7-4-13-9-16-11-20-13)12-3-1-8-21(10-12)15-18-5-2-6-19-15/h2,5-6,9,11-12H,1,3-4,7-8,10H2,(H,16,20)(H,17,22)/t12-/m1/s1. The quantitative estimate of drug-likeness (QED) is 0.852. The number of anilines is 1. The van der Waals surface area contributed by atoms with Gasteiger partial charge < -0.3 is 15.2 Å². The maximum atomic E-state index is 12.3. The lowest BCUT2D eigenvalue weighted by molar-refractivity contribution is -0.125. The summed E-state index contributed by atoms with van der Waals surface area (Å²) in [5.41, 5.74) is 1.03. The smallest absolute Gasteiger partial charge is 0.225 e. The van der Waals surface area contributed by atoms with Crippen molar-refractivity contribution in [3.05, 3.63) is 36.7 Å². The summed E-state index contributed by atoms with van der Waals surface area (Å²) in [5.74, 6) is 0.817. The number of nitrogens with zero attached hydrogens (tertiary/aromatic N) is 4. The fourth-order valence-electron chi connectivity index (χ4n) is 2.71. The molecule has 0 aliphatic carbocycles. The van der Waals surface area contributed by atoms with Gasteiger partial charge in [-0.25, -0.2) is 15.0 Å². The van der Waals surface area contributed by atoms with Crippen molar-refractivity contribution in [3.8, 4) is 0 Å². The fraction of sp³-hybridized carbons (Fsp3) is 0.467. The van der Waals surface area contributed by atoms with Gasteiger partial charge in [0, 0.05) is 50.3 Å². The summed E-state index contributed by atoms with van der Waals surface area (Å²) < 4.78 is 0. The maximum Gasteiger partial charge on any atom is 0.225 e. The molecular formula is C15H20N6O.